The molecule has 0 aliphatic carbocycles. The lowest BCUT2D eigenvalue weighted by molar-refractivity contribution is -0.139. The van der Waals surface area contributed by atoms with Crippen molar-refractivity contribution in [2.24, 2.45) is 5.73 Å². The van der Waals surface area contributed by atoms with Gasteiger partial charge in [0.15, 0.2) is 0 Å². The number of amides is 3. The quantitative estimate of drug-likeness (QED) is 0.707. The summed E-state index contributed by atoms with van der Waals surface area (Å²) in [4.78, 5) is 37.6. The van der Waals surface area contributed by atoms with Crippen molar-refractivity contribution in [1.82, 2.24) is 9.80 Å². The van der Waals surface area contributed by atoms with Crippen LogP contribution >= 0.6 is 0 Å². The molecular formula is C12H19N3O5. The molecule has 2 saturated heterocycles. The number of urea groups is 1. The van der Waals surface area contributed by atoms with Crippen LogP contribution in [-0.2, 0) is 14.3 Å². The first-order valence-electron chi connectivity index (χ1n) is 6.67. The zero-order valence-corrected chi connectivity index (χ0v) is 11.2. The topological polar surface area (TPSA) is 113 Å². The predicted octanol–water partition coefficient (Wildman–Crippen LogP) is -0.768. The number of carbonyl (C=O) groups excluding carboxylic acids is 2. The van der Waals surface area contributed by atoms with E-state index in [1.165, 1.54) is 9.80 Å². The molecule has 2 unspecified atom stereocenters. The van der Waals surface area contributed by atoms with Gasteiger partial charge in [-0.05, 0) is 12.8 Å². The highest BCUT2D eigenvalue weighted by Gasteiger charge is 2.38. The average molecular weight is 285 g/mol. The molecule has 2 rings (SSSR count). The fourth-order valence-electron chi connectivity index (χ4n) is 2.73. The summed E-state index contributed by atoms with van der Waals surface area (Å²) in [5.41, 5.74) is 5.30. The van der Waals surface area contributed by atoms with Crippen LogP contribution in [0.2, 0.25) is 0 Å². The number of rotatable bonds is 3. The first-order chi connectivity index (χ1) is 9.50. The first kappa shape index (κ1) is 14.6. The second kappa shape index (κ2) is 6.08. The van der Waals surface area contributed by atoms with Gasteiger partial charge >= 0.3 is 12.0 Å². The van der Waals surface area contributed by atoms with Gasteiger partial charge in [-0.3, -0.25) is 9.59 Å². The van der Waals surface area contributed by atoms with E-state index in [0.717, 1.165) is 6.42 Å². The van der Waals surface area contributed by atoms with Gasteiger partial charge in [0.25, 0.3) is 0 Å². The van der Waals surface area contributed by atoms with Crippen molar-refractivity contribution in [2.45, 2.75) is 31.3 Å². The SMILES string of the molecule is NC(=O)C1CCCN1C(=O)N1CCOCC1CC(=O)O. The predicted molar refractivity (Wildman–Crippen MR) is 67.9 cm³/mol. The van der Waals surface area contributed by atoms with Crippen molar-refractivity contribution in [3.05, 3.63) is 0 Å². The number of nitrogens with two attached hydrogens (primary N) is 1. The molecule has 0 aromatic rings. The first-order valence-corrected chi connectivity index (χ1v) is 6.67. The van der Waals surface area contributed by atoms with E-state index >= 15 is 0 Å². The van der Waals surface area contributed by atoms with Crippen LogP contribution in [0.1, 0.15) is 19.3 Å². The molecule has 0 saturated carbocycles. The van der Waals surface area contributed by atoms with Crippen molar-refractivity contribution in [3.63, 3.8) is 0 Å². The van der Waals surface area contributed by atoms with Gasteiger partial charge in [0.2, 0.25) is 5.91 Å². The second-order valence-electron chi connectivity index (χ2n) is 5.06. The van der Waals surface area contributed by atoms with Crippen molar-refractivity contribution in [1.29, 1.82) is 0 Å². The molecule has 0 aromatic carbocycles. The molecule has 2 heterocycles. The van der Waals surface area contributed by atoms with E-state index in [-0.39, 0.29) is 19.1 Å². The zero-order chi connectivity index (χ0) is 14.7. The van der Waals surface area contributed by atoms with Crippen LogP contribution in [0.4, 0.5) is 4.79 Å². The molecule has 3 amide bonds. The Balaban J connectivity index is 2.09. The molecule has 2 aliphatic rings. The molecule has 0 spiro atoms. The lowest BCUT2D eigenvalue weighted by Crippen LogP contribution is -2.56. The number of carbonyl (C=O) groups is 3. The van der Waals surface area contributed by atoms with E-state index in [4.69, 9.17) is 15.6 Å². The van der Waals surface area contributed by atoms with Crippen LogP contribution in [-0.4, -0.2) is 71.2 Å². The van der Waals surface area contributed by atoms with Crippen LogP contribution in [0.25, 0.3) is 0 Å². The third-order valence-electron chi connectivity index (χ3n) is 3.71. The molecule has 0 radical (unpaired) electrons. The van der Waals surface area contributed by atoms with Gasteiger partial charge < -0.3 is 25.4 Å². The highest BCUT2D eigenvalue weighted by molar-refractivity contribution is 5.87. The Bertz CT molecular complexity index is 414. The fraction of sp³-hybridized carbons (Fsp3) is 0.750. The minimum absolute atomic E-state index is 0.166. The van der Waals surface area contributed by atoms with Gasteiger partial charge in [-0.2, -0.15) is 0 Å². The number of carboxylic acids is 1. The van der Waals surface area contributed by atoms with Crippen molar-refractivity contribution in [2.75, 3.05) is 26.3 Å². The number of hydrogen-bond donors (Lipinski definition) is 2. The maximum Gasteiger partial charge on any atom is 0.321 e. The van der Waals surface area contributed by atoms with Gasteiger partial charge in [-0.1, -0.05) is 0 Å². The minimum atomic E-state index is -0.980. The number of aliphatic carboxylic acids is 1. The molecule has 2 fully saturated rings. The molecule has 2 atom stereocenters. The molecule has 112 valence electrons. The normalized spacial score (nSPS) is 26.6. The van der Waals surface area contributed by atoms with Crippen molar-refractivity contribution in [3.8, 4) is 0 Å². The molecule has 8 nitrogen and oxygen atoms in total. The summed E-state index contributed by atoms with van der Waals surface area (Å²) in [6.07, 6.45) is 1.13. The highest BCUT2D eigenvalue weighted by atomic mass is 16.5. The molecule has 20 heavy (non-hydrogen) atoms. The smallest absolute Gasteiger partial charge is 0.321 e. The van der Waals surface area contributed by atoms with E-state index in [9.17, 15) is 14.4 Å². The Morgan fingerprint density at radius 3 is 2.65 bits per heavy atom. The summed E-state index contributed by atoms with van der Waals surface area (Å²) < 4.78 is 5.23. The Labute approximate surface area is 116 Å². The van der Waals surface area contributed by atoms with Crippen LogP contribution < -0.4 is 5.73 Å². The fourth-order valence-corrected chi connectivity index (χ4v) is 2.73. The Kier molecular flexibility index (Phi) is 4.43. The van der Waals surface area contributed by atoms with Gasteiger partial charge in [0, 0.05) is 13.1 Å². The monoisotopic (exact) mass is 285 g/mol. The number of ether oxygens (including phenoxy) is 1. The van der Waals surface area contributed by atoms with Crippen LogP contribution in [0.3, 0.4) is 0 Å². The Morgan fingerprint density at radius 1 is 1.25 bits per heavy atom. The minimum Gasteiger partial charge on any atom is -0.481 e. The van der Waals surface area contributed by atoms with Crippen molar-refractivity contribution >= 4 is 17.9 Å². The maximum atomic E-state index is 12.5. The number of nitrogens with zero attached hydrogens (tertiary/aromatic N) is 2. The third kappa shape index (κ3) is 3.01. The summed E-state index contributed by atoms with van der Waals surface area (Å²) in [5, 5.41) is 8.89. The molecule has 3 N–H and O–H groups in total. The largest absolute Gasteiger partial charge is 0.481 e. The number of likely N-dealkylation sites (tertiary alicyclic amines) is 1. The summed E-state index contributed by atoms with van der Waals surface area (Å²) in [7, 11) is 0. The number of hydrogen-bond acceptors (Lipinski definition) is 4. The zero-order valence-electron chi connectivity index (χ0n) is 11.2. The van der Waals surface area contributed by atoms with E-state index in [0.29, 0.717) is 26.1 Å². The van der Waals surface area contributed by atoms with Gasteiger partial charge in [0.1, 0.15) is 6.04 Å². The van der Waals surface area contributed by atoms with E-state index in [1.807, 2.05) is 0 Å². The molecule has 2 aliphatic heterocycles. The summed E-state index contributed by atoms with van der Waals surface area (Å²) in [6, 6.07) is -1.40. The van der Waals surface area contributed by atoms with E-state index in [1.54, 1.807) is 0 Å². The average Bonchev–Trinajstić information content (AvgIpc) is 2.87. The van der Waals surface area contributed by atoms with Crippen molar-refractivity contribution < 1.29 is 24.2 Å². The summed E-state index contributed by atoms with van der Waals surface area (Å²) in [6.45, 7) is 1.38. The molecule has 0 bridgehead atoms. The maximum absolute atomic E-state index is 12.5. The Morgan fingerprint density at radius 2 is 2.00 bits per heavy atom. The van der Waals surface area contributed by atoms with E-state index < -0.39 is 24.0 Å². The lowest BCUT2D eigenvalue weighted by atomic mass is 10.1. The third-order valence-corrected chi connectivity index (χ3v) is 3.71. The van der Waals surface area contributed by atoms with Crippen LogP contribution in [0.5, 0.6) is 0 Å². The number of carboxylic acid groups (broad SMARTS) is 1. The number of morpholine rings is 1. The van der Waals surface area contributed by atoms with Crippen LogP contribution in [0, 0.1) is 0 Å². The van der Waals surface area contributed by atoms with Crippen LogP contribution in [0.15, 0.2) is 0 Å². The van der Waals surface area contributed by atoms with Gasteiger partial charge in [-0.15, -0.1) is 0 Å². The molecule has 0 aromatic heterocycles. The van der Waals surface area contributed by atoms with Gasteiger partial charge in [-0.25, -0.2) is 4.79 Å². The van der Waals surface area contributed by atoms with E-state index in [2.05, 4.69) is 0 Å². The summed E-state index contributed by atoms with van der Waals surface area (Å²) >= 11 is 0. The van der Waals surface area contributed by atoms with Gasteiger partial charge in [0.05, 0.1) is 25.7 Å². The highest BCUT2D eigenvalue weighted by Crippen LogP contribution is 2.21. The standard InChI is InChI=1S/C12H19N3O5/c13-11(18)9-2-1-3-15(9)12(19)14-4-5-20-7-8(14)6-10(16)17/h8-9H,1-7H2,(H2,13,18)(H,16,17). The second-order valence-corrected chi connectivity index (χ2v) is 5.06. The molecule has 8 heteroatoms. The Hall–Kier alpha value is -1.83. The summed E-state index contributed by atoms with van der Waals surface area (Å²) in [5.74, 6) is -1.50. The number of primary amides is 1. The molecular weight excluding hydrogens is 266 g/mol. The lowest BCUT2D eigenvalue weighted by Gasteiger charge is -2.38.